The van der Waals surface area contributed by atoms with E-state index < -0.39 is 0 Å². The standard InChI is InChI=1S/C15H32N2O/c1-4-8-16-15-7-5-9-17(12-15)10-6-11-18-13-14(2)3/h14-16H,4-13H2,1-3H3. The van der Waals surface area contributed by atoms with Gasteiger partial charge in [-0.25, -0.2) is 0 Å². The van der Waals surface area contributed by atoms with E-state index in [1.54, 1.807) is 0 Å². The molecule has 108 valence electrons. The fourth-order valence-corrected chi connectivity index (χ4v) is 2.48. The average molecular weight is 256 g/mol. The Morgan fingerprint density at radius 3 is 2.94 bits per heavy atom. The highest BCUT2D eigenvalue weighted by Crippen LogP contribution is 2.10. The Kier molecular flexibility index (Phi) is 8.64. The molecule has 0 saturated carbocycles. The molecular formula is C15H32N2O. The van der Waals surface area contributed by atoms with Gasteiger partial charge in [0.15, 0.2) is 0 Å². The summed E-state index contributed by atoms with van der Waals surface area (Å²) in [5, 5.41) is 3.64. The summed E-state index contributed by atoms with van der Waals surface area (Å²) < 4.78 is 5.64. The van der Waals surface area contributed by atoms with Crippen molar-refractivity contribution in [3.8, 4) is 0 Å². The van der Waals surface area contributed by atoms with Gasteiger partial charge < -0.3 is 15.0 Å². The molecule has 1 aliphatic heterocycles. The topological polar surface area (TPSA) is 24.5 Å². The number of hydrogen-bond acceptors (Lipinski definition) is 3. The minimum atomic E-state index is 0.655. The third kappa shape index (κ3) is 7.34. The molecule has 1 fully saturated rings. The van der Waals surface area contributed by atoms with E-state index >= 15 is 0 Å². The van der Waals surface area contributed by atoms with Crippen molar-refractivity contribution in [2.24, 2.45) is 5.92 Å². The van der Waals surface area contributed by atoms with Gasteiger partial charge in [0.25, 0.3) is 0 Å². The van der Waals surface area contributed by atoms with Crippen LogP contribution < -0.4 is 5.32 Å². The summed E-state index contributed by atoms with van der Waals surface area (Å²) in [5.74, 6) is 0.655. The molecule has 1 heterocycles. The minimum Gasteiger partial charge on any atom is -0.381 e. The lowest BCUT2D eigenvalue weighted by Gasteiger charge is -2.33. The van der Waals surface area contributed by atoms with Crippen molar-refractivity contribution in [1.29, 1.82) is 0 Å². The summed E-state index contributed by atoms with van der Waals surface area (Å²) in [7, 11) is 0. The van der Waals surface area contributed by atoms with Crippen LogP contribution in [0.1, 0.15) is 46.5 Å². The van der Waals surface area contributed by atoms with E-state index in [4.69, 9.17) is 4.74 Å². The Morgan fingerprint density at radius 2 is 2.22 bits per heavy atom. The van der Waals surface area contributed by atoms with E-state index in [1.807, 2.05) is 0 Å². The predicted octanol–water partition coefficient (Wildman–Crippen LogP) is 2.51. The van der Waals surface area contributed by atoms with Gasteiger partial charge in [0.2, 0.25) is 0 Å². The number of likely N-dealkylation sites (tertiary alicyclic amines) is 1. The van der Waals surface area contributed by atoms with Gasteiger partial charge in [-0.1, -0.05) is 20.8 Å². The number of nitrogens with zero attached hydrogens (tertiary/aromatic N) is 1. The summed E-state index contributed by atoms with van der Waals surface area (Å²) in [4.78, 5) is 2.59. The molecule has 0 aromatic carbocycles. The number of piperidine rings is 1. The zero-order valence-corrected chi connectivity index (χ0v) is 12.6. The fourth-order valence-electron chi connectivity index (χ4n) is 2.48. The first-order valence-electron chi connectivity index (χ1n) is 7.75. The van der Waals surface area contributed by atoms with Gasteiger partial charge in [-0.15, -0.1) is 0 Å². The Hall–Kier alpha value is -0.120. The maximum absolute atomic E-state index is 5.64. The molecule has 0 bridgehead atoms. The van der Waals surface area contributed by atoms with Gasteiger partial charge in [0, 0.05) is 32.3 Å². The van der Waals surface area contributed by atoms with Crippen molar-refractivity contribution >= 4 is 0 Å². The molecule has 1 atom stereocenters. The molecule has 1 rings (SSSR count). The molecule has 1 N–H and O–H groups in total. The zero-order chi connectivity index (χ0) is 13.2. The maximum atomic E-state index is 5.64. The van der Waals surface area contributed by atoms with Crippen LogP contribution in [0.3, 0.4) is 0 Å². The quantitative estimate of drug-likeness (QED) is 0.642. The fraction of sp³-hybridized carbons (Fsp3) is 1.00. The second-order valence-corrected chi connectivity index (χ2v) is 5.92. The summed E-state index contributed by atoms with van der Waals surface area (Å²) in [5.41, 5.74) is 0. The zero-order valence-electron chi connectivity index (χ0n) is 12.6. The summed E-state index contributed by atoms with van der Waals surface area (Å²) in [6.45, 7) is 13.3. The smallest absolute Gasteiger partial charge is 0.0489 e. The van der Waals surface area contributed by atoms with Crippen LogP contribution in [0.15, 0.2) is 0 Å². The van der Waals surface area contributed by atoms with Crippen molar-refractivity contribution in [1.82, 2.24) is 10.2 Å². The average Bonchev–Trinajstić information content (AvgIpc) is 2.36. The number of hydrogen-bond donors (Lipinski definition) is 1. The van der Waals surface area contributed by atoms with E-state index in [1.165, 1.54) is 45.3 Å². The van der Waals surface area contributed by atoms with Crippen LogP contribution in [0.4, 0.5) is 0 Å². The Bertz CT molecular complexity index is 197. The Morgan fingerprint density at radius 1 is 1.39 bits per heavy atom. The highest BCUT2D eigenvalue weighted by molar-refractivity contribution is 4.77. The molecule has 0 aliphatic carbocycles. The predicted molar refractivity (Wildman–Crippen MR) is 78.0 cm³/mol. The number of rotatable bonds is 9. The molecule has 1 aliphatic rings. The molecule has 0 aromatic heterocycles. The first kappa shape index (κ1) is 15.9. The first-order valence-corrected chi connectivity index (χ1v) is 7.75. The second-order valence-electron chi connectivity index (χ2n) is 5.92. The molecule has 18 heavy (non-hydrogen) atoms. The van der Waals surface area contributed by atoms with E-state index in [9.17, 15) is 0 Å². The largest absolute Gasteiger partial charge is 0.381 e. The van der Waals surface area contributed by atoms with Crippen LogP contribution in [-0.4, -0.2) is 50.3 Å². The molecule has 0 aromatic rings. The lowest BCUT2D eigenvalue weighted by molar-refractivity contribution is 0.0942. The maximum Gasteiger partial charge on any atom is 0.0489 e. The van der Waals surface area contributed by atoms with Crippen molar-refractivity contribution in [3.63, 3.8) is 0 Å². The third-order valence-corrected chi connectivity index (χ3v) is 3.40. The first-order chi connectivity index (χ1) is 8.72. The van der Waals surface area contributed by atoms with Crippen molar-refractivity contribution in [3.05, 3.63) is 0 Å². The lowest BCUT2D eigenvalue weighted by atomic mass is 10.1. The van der Waals surface area contributed by atoms with Crippen LogP contribution in [0.25, 0.3) is 0 Å². The third-order valence-electron chi connectivity index (χ3n) is 3.40. The van der Waals surface area contributed by atoms with Gasteiger partial charge in [-0.2, -0.15) is 0 Å². The SMILES string of the molecule is CCCNC1CCCN(CCCOCC(C)C)C1. The molecular weight excluding hydrogens is 224 g/mol. The molecule has 1 saturated heterocycles. The van der Waals surface area contributed by atoms with Gasteiger partial charge in [-0.3, -0.25) is 0 Å². The Balaban J connectivity index is 2.03. The van der Waals surface area contributed by atoms with E-state index in [2.05, 4.69) is 31.0 Å². The molecule has 0 amide bonds. The van der Waals surface area contributed by atoms with Gasteiger partial charge in [0.05, 0.1) is 0 Å². The lowest BCUT2D eigenvalue weighted by Crippen LogP contribution is -2.46. The molecule has 0 spiro atoms. The van der Waals surface area contributed by atoms with E-state index in [0.717, 1.165) is 25.8 Å². The van der Waals surface area contributed by atoms with Crippen LogP contribution in [0.2, 0.25) is 0 Å². The van der Waals surface area contributed by atoms with Crippen molar-refractivity contribution in [2.75, 3.05) is 39.4 Å². The monoisotopic (exact) mass is 256 g/mol. The molecule has 3 heteroatoms. The number of nitrogens with one attached hydrogen (secondary N) is 1. The normalized spacial score (nSPS) is 21.7. The Labute approximate surface area is 113 Å². The van der Waals surface area contributed by atoms with Gasteiger partial charge in [0.1, 0.15) is 0 Å². The summed E-state index contributed by atoms with van der Waals surface area (Å²) >= 11 is 0. The summed E-state index contributed by atoms with van der Waals surface area (Å²) in [6, 6.07) is 0.718. The van der Waals surface area contributed by atoms with Crippen LogP contribution in [0, 0.1) is 5.92 Å². The highest BCUT2D eigenvalue weighted by Gasteiger charge is 2.18. The minimum absolute atomic E-state index is 0.655. The summed E-state index contributed by atoms with van der Waals surface area (Å²) in [6.07, 6.45) is 5.10. The van der Waals surface area contributed by atoms with Crippen molar-refractivity contribution < 1.29 is 4.74 Å². The van der Waals surface area contributed by atoms with E-state index in [-0.39, 0.29) is 0 Å². The van der Waals surface area contributed by atoms with Crippen LogP contribution >= 0.6 is 0 Å². The van der Waals surface area contributed by atoms with Gasteiger partial charge in [-0.05, 0) is 44.7 Å². The van der Waals surface area contributed by atoms with E-state index in [0.29, 0.717) is 5.92 Å². The van der Waals surface area contributed by atoms with Crippen molar-refractivity contribution in [2.45, 2.75) is 52.5 Å². The highest BCUT2D eigenvalue weighted by atomic mass is 16.5. The molecule has 1 unspecified atom stereocenters. The number of ether oxygens (including phenoxy) is 1. The van der Waals surface area contributed by atoms with Crippen LogP contribution in [0.5, 0.6) is 0 Å². The van der Waals surface area contributed by atoms with Gasteiger partial charge >= 0.3 is 0 Å². The van der Waals surface area contributed by atoms with Crippen LogP contribution in [-0.2, 0) is 4.74 Å². The second kappa shape index (κ2) is 9.76. The molecule has 0 radical (unpaired) electrons. The molecule has 3 nitrogen and oxygen atoms in total.